The number of nitrogens with zero attached hydrogens (tertiary/aromatic N) is 5. The van der Waals surface area contributed by atoms with Crippen LogP contribution >= 0.6 is 0 Å². The van der Waals surface area contributed by atoms with Gasteiger partial charge < -0.3 is 10.1 Å². The van der Waals surface area contributed by atoms with Crippen LogP contribution in [-0.4, -0.2) is 62.3 Å². The van der Waals surface area contributed by atoms with Crippen molar-refractivity contribution < 1.29 is 22.7 Å². The summed E-state index contributed by atoms with van der Waals surface area (Å²) in [7, 11) is 0. The lowest BCUT2D eigenvalue weighted by Gasteiger charge is -2.30. The number of hydrogen-bond donors (Lipinski definition) is 1. The van der Waals surface area contributed by atoms with Gasteiger partial charge in [-0.25, -0.2) is 4.98 Å². The standard InChI is InChI=1S/C27H27F3N6O2/c1-16(37)31-20-11-12-35(14-20)25(27(28,29)30)19-8-10-23-33-34-26(36(23)13-19)21-9-7-18-3-2-4-22(24(18)32-21)38-15-17-5-6-17/h2-4,7-10,13,17,20,25H,5-6,11-12,14-15H2,1H3,(H,31,37). The van der Waals surface area contributed by atoms with Crippen LogP contribution in [0.25, 0.3) is 28.1 Å². The van der Waals surface area contributed by atoms with Gasteiger partial charge in [0.05, 0.1) is 6.61 Å². The predicted molar refractivity (Wildman–Crippen MR) is 135 cm³/mol. The molecule has 38 heavy (non-hydrogen) atoms. The summed E-state index contributed by atoms with van der Waals surface area (Å²) >= 11 is 0. The highest BCUT2D eigenvalue weighted by molar-refractivity contribution is 5.86. The molecule has 1 amide bonds. The summed E-state index contributed by atoms with van der Waals surface area (Å²) in [5.41, 5.74) is 1.65. The summed E-state index contributed by atoms with van der Waals surface area (Å²) in [6.07, 6.45) is -0.278. The van der Waals surface area contributed by atoms with Crippen LogP contribution in [0.3, 0.4) is 0 Å². The highest BCUT2D eigenvalue weighted by atomic mass is 19.4. The number of carbonyl (C=O) groups excluding carboxylic acids is 1. The number of nitrogens with one attached hydrogen (secondary N) is 1. The van der Waals surface area contributed by atoms with Gasteiger partial charge in [-0.2, -0.15) is 13.2 Å². The van der Waals surface area contributed by atoms with Crippen LogP contribution < -0.4 is 10.1 Å². The smallest absolute Gasteiger partial charge is 0.408 e. The maximum atomic E-state index is 14.4. The Bertz CT molecular complexity index is 1500. The fourth-order valence-electron chi connectivity index (χ4n) is 5.13. The Kier molecular flexibility index (Phi) is 6.17. The second-order valence-electron chi connectivity index (χ2n) is 10.1. The van der Waals surface area contributed by atoms with Crippen molar-refractivity contribution in [3.63, 3.8) is 0 Å². The molecule has 8 nitrogen and oxygen atoms in total. The number of benzene rings is 1. The van der Waals surface area contributed by atoms with Crippen molar-refractivity contribution in [1.82, 2.24) is 29.8 Å². The highest BCUT2D eigenvalue weighted by Gasteiger charge is 2.47. The molecular formula is C27H27F3N6O2. The van der Waals surface area contributed by atoms with E-state index in [2.05, 4.69) is 15.5 Å². The molecule has 11 heteroatoms. The molecule has 1 N–H and O–H groups in total. The van der Waals surface area contributed by atoms with Crippen LogP contribution in [0.5, 0.6) is 5.75 Å². The van der Waals surface area contributed by atoms with Crippen LogP contribution in [-0.2, 0) is 4.79 Å². The molecule has 1 aliphatic carbocycles. The van der Waals surface area contributed by atoms with Crippen molar-refractivity contribution in [3.05, 3.63) is 54.2 Å². The van der Waals surface area contributed by atoms with Crippen molar-refractivity contribution in [3.8, 4) is 17.3 Å². The molecule has 1 saturated carbocycles. The number of fused-ring (bicyclic) bond motifs is 2. The van der Waals surface area contributed by atoms with Gasteiger partial charge in [0.2, 0.25) is 5.91 Å². The molecule has 2 atom stereocenters. The van der Waals surface area contributed by atoms with Crippen molar-refractivity contribution in [2.45, 2.75) is 44.4 Å². The zero-order valence-corrected chi connectivity index (χ0v) is 20.8. The second kappa shape index (κ2) is 9.54. The van der Waals surface area contributed by atoms with Crippen molar-refractivity contribution in [2.75, 3.05) is 19.7 Å². The summed E-state index contributed by atoms with van der Waals surface area (Å²) in [6, 6.07) is 10.3. The van der Waals surface area contributed by atoms with E-state index in [0.29, 0.717) is 47.4 Å². The Morgan fingerprint density at radius 3 is 2.74 bits per heavy atom. The number of amides is 1. The van der Waals surface area contributed by atoms with Gasteiger partial charge in [-0.1, -0.05) is 24.3 Å². The number of ether oxygens (including phenoxy) is 1. The lowest BCUT2D eigenvalue weighted by Crippen LogP contribution is -2.40. The Labute approximate surface area is 216 Å². The normalized spacial score (nSPS) is 19.2. The molecule has 198 valence electrons. The van der Waals surface area contributed by atoms with Crippen molar-refractivity contribution in [1.29, 1.82) is 0 Å². The molecule has 4 aromatic rings. The minimum atomic E-state index is -4.51. The Balaban J connectivity index is 1.36. The number of likely N-dealkylation sites (tertiary alicyclic amines) is 1. The van der Waals surface area contributed by atoms with Crippen LogP contribution in [0, 0.1) is 5.92 Å². The lowest BCUT2D eigenvalue weighted by molar-refractivity contribution is -0.184. The fourth-order valence-corrected chi connectivity index (χ4v) is 5.13. The highest BCUT2D eigenvalue weighted by Crippen LogP contribution is 2.40. The second-order valence-corrected chi connectivity index (χ2v) is 10.1. The summed E-state index contributed by atoms with van der Waals surface area (Å²) < 4.78 is 50.6. The average molecular weight is 525 g/mol. The number of pyridine rings is 2. The molecule has 1 aliphatic heterocycles. The number of carbonyl (C=O) groups is 1. The molecule has 6 rings (SSSR count). The first kappa shape index (κ1) is 24.6. The van der Waals surface area contributed by atoms with E-state index in [-0.39, 0.29) is 30.6 Å². The first-order chi connectivity index (χ1) is 18.3. The molecule has 1 aromatic carbocycles. The first-order valence-electron chi connectivity index (χ1n) is 12.7. The Morgan fingerprint density at radius 1 is 1.13 bits per heavy atom. The van der Waals surface area contributed by atoms with Gasteiger partial charge in [0.25, 0.3) is 0 Å². The molecule has 0 radical (unpaired) electrons. The lowest BCUT2D eigenvalue weighted by atomic mass is 10.1. The zero-order chi connectivity index (χ0) is 26.4. The van der Waals surface area contributed by atoms with Gasteiger partial charge in [-0.3, -0.25) is 14.1 Å². The number of halogens is 3. The van der Waals surface area contributed by atoms with Gasteiger partial charge in [0, 0.05) is 37.6 Å². The predicted octanol–water partition coefficient (Wildman–Crippen LogP) is 4.55. The van der Waals surface area contributed by atoms with E-state index in [1.54, 1.807) is 10.5 Å². The molecule has 0 spiro atoms. The number of aromatic nitrogens is 4. The van der Waals surface area contributed by atoms with Crippen LogP contribution in [0.2, 0.25) is 0 Å². The number of rotatable bonds is 7. The van der Waals surface area contributed by atoms with Crippen LogP contribution in [0.4, 0.5) is 13.2 Å². The molecule has 0 bridgehead atoms. The van der Waals surface area contributed by atoms with Crippen LogP contribution in [0.1, 0.15) is 37.8 Å². The van der Waals surface area contributed by atoms with Gasteiger partial charge in [-0.05, 0) is 48.9 Å². The minimum Gasteiger partial charge on any atom is -0.491 e. The Morgan fingerprint density at radius 2 is 1.97 bits per heavy atom. The van der Waals surface area contributed by atoms with E-state index in [4.69, 9.17) is 9.72 Å². The summed E-state index contributed by atoms with van der Waals surface area (Å²) in [5.74, 6) is 1.35. The van der Waals surface area contributed by atoms with Gasteiger partial charge in [0.15, 0.2) is 11.5 Å². The number of alkyl halides is 3. The topological polar surface area (TPSA) is 84.7 Å². The van der Waals surface area contributed by atoms with E-state index in [1.807, 2.05) is 24.3 Å². The molecule has 1 saturated heterocycles. The third kappa shape index (κ3) is 4.90. The van der Waals surface area contributed by atoms with E-state index < -0.39 is 12.2 Å². The molecule has 2 fully saturated rings. The molecule has 4 heterocycles. The third-order valence-corrected chi connectivity index (χ3v) is 7.13. The number of hydrogen-bond acceptors (Lipinski definition) is 6. The largest absolute Gasteiger partial charge is 0.491 e. The maximum Gasteiger partial charge on any atom is 0.408 e. The van der Waals surface area contributed by atoms with E-state index >= 15 is 0 Å². The number of para-hydroxylation sites is 1. The maximum absolute atomic E-state index is 14.4. The molecular weight excluding hydrogens is 497 g/mol. The first-order valence-corrected chi connectivity index (χ1v) is 12.7. The van der Waals surface area contributed by atoms with Crippen molar-refractivity contribution >= 4 is 22.5 Å². The van der Waals surface area contributed by atoms with Crippen molar-refractivity contribution in [2.24, 2.45) is 5.92 Å². The van der Waals surface area contributed by atoms with Gasteiger partial charge >= 0.3 is 6.18 Å². The van der Waals surface area contributed by atoms with Crippen LogP contribution in [0.15, 0.2) is 48.7 Å². The molecule has 2 aliphatic rings. The fraction of sp³-hybridized carbons (Fsp3) is 0.407. The summed E-state index contributed by atoms with van der Waals surface area (Å²) in [4.78, 5) is 17.6. The molecule has 3 aromatic heterocycles. The molecule has 2 unspecified atom stereocenters. The minimum absolute atomic E-state index is 0.0729. The SMILES string of the molecule is CC(=O)NC1CCN(C(c2ccc3nnc(-c4ccc5cccc(OCC6CC6)c5n4)n3c2)C(F)(F)F)C1. The zero-order valence-electron chi connectivity index (χ0n) is 20.8. The average Bonchev–Trinajstić information content (AvgIpc) is 3.45. The quantitative estimate of drug-likeness (QED) is 0.382. The summed E-state index contributed by atoms with van der Waals surface area (Å²) in [6.45, 7) is 2.35. The van der Waals surface area contributed by atoms with Gasteiger partial charge in [0.1, 0.15) is 23.0 Å². The summed E-state index contributed by atoms with van der Waals surface area (Å²) in [5, 5.41) is 12.1. The third-order valence-electron chi connectivity index (χ3n) is 7.13. The monoisotopic (exact) mass is 524 g/mol. The van der Waals surface area contributed by atoms with E-state index in [0.717, 1.165) is 5.39 Å². The van der Waals surface area contributed by atoms with E-state index in [1.165, 1.54) is 43.0 Å². The van der Waals surface area contributed by atoms with E-state index in [9.17, 15) is 18.0 Å². The van der Waals surface area contributed by atoms with Gasteiger partial charge in [-0.15, -0.1) is 10.2 Å². The Hall–Kier alpha value is -3.73.